The minimum atomic E-state index is -0.655. The van der Waals surface area contributed by atoms with Gasteiger partial charge in [-0.2, -0.15) is 10.4 Å². The van der Waals surface area contributed by atoms with Crippen molar-refractivity contribution in [3.05, 3.63) is 10.2 Å². The van der Waals surface area contributed by atoms with Crippen LogP contribution >= 0.6 is 15.9 Å². The van der Waals surface area contributed by atoms with Gasteiger partial charge in [0.15, 0.2) is 0 Å². The van der Waals surface area contributed by atoms with Gasteiger partial charge in [0.1, 0.15) is 34.3 Å². The average Bonchev–Trinajstić information content (AvgIpc) is 3.05. The van der Waals surface area contributed by atoms with Crippen LogP contribution in [0.1, 0.15) is 38.8 Å². The molecule has 1 aromatic rings. The summed E-state index contributed by atoms with van der Waals surface area (Å²) in [4.78, 5) is 13.7. The van der Waals surface area contributed by atoms with Crippen molar-refractivity contribution in [1.29, 1.82) is 5.26 Å². The number of halogens is 2. The molecule has 2 unspecified atom stereocenters. The Labute approximate surface area is 148 Å². The molecule has 2 heterocycles. The molecule has 2 atom stereocenters. The second kappa shape index (κ2) is 6.97. The molecule has 0 aliphatic carbocycles. The van der Waals surface area contributed by atoms with Crippen LogP contribution in [0.5, 0.6) is 0 Å². The number of likely N-dealkylation sites (tertiary alicyclic amines) is 1. The van der Waals surface area contributed by atoms with E-state index in [-0.39, 0.29) is 12.6 Å². The lowest BCUT2D eigenvalue weighted by Crippen LogP contribution is -2.40. The first-order chi connectivity index (χ1) is 11.2. The number of rotatable bonds is 3. The van der Waals surface area contributed by atoms with Gasteiger partial charge in [0.2, 0.25) is 0 Å². The number of hydrogen-bond acceptors (Lipinski definition) is 5. The first kappa shape index (κ1) is 18.5. The van der Waals surface area contributed by atoms with Gasteiger partial charge < -0.3 is 15.0 Å². The number of carbonyl (C=O) groups excluding carboxylic acids is 1. The topological polar surface area (TPSA) is 83.2 Å². The van der Waals surface area contributed by atoms with Gasteiger partial charge in [-0.25, -0.2) is 13.9 Å². The highest BCUT2D eigenvalue weighted by molar-refractivity contribution is 9.10. The molecular formula is C15H21BrFN5O2. The van der Waals surface area contributed by atoms with Crippen LogP contribution in [-0.4, -0.2) is 52.7 Å². The molecule has 2 rings (SSSR count). The number of amides is 1. The standard InChI is InChI=1S/C15H21BrFN5O2/c1-15(2,3)24-14(23)21-8-10(5-9(21)6-17)22-13(19-4)11(7-18)12(16)20-22/h9-10,19H,5-6,8H2,1-4H3. The first-order valence-electron chi connectivity index (χ1n) is 7.63. The maximum atomic E-state index is 13.4. The zero-order valence-electron chi connectivity index (χ0n) is 14.1. The lowest BCUT2D eigenvalue weighted by atomic mass is 10.2. The normalized spacial score (nSPS) is 20.8. The number of ether oxygens (including phenoxy) is 1. The van der Waals surface area contributed by atoms with Crippen molar-refractivity contribution in [2.24, 2.45) is 0 Å². The number of nitrogens with one attached hydrogen (secondary N) is 1. The predicted octanol–water partition coefficient (Wildman–Crippen LogP) is 3.08. The summed E-state index contributed by atoms with van der Waals surface area (Å²) in [7, 11) is 1.69. The van der Waals surface area contributed by atoms with E-state index in [9.17, 15) is 14.4 Å². The predicted molar refractivity (Wildman–Crippen MR) is 90.5 cm³/mol. The molecular weight excluding hydrogens is 381 g/mol. The zero-order chi connectivity index (χ0) is 18.1. The first-order valence-corrected chi connectivity index (χ1v) is 8.42. The minimum absolute atomic E-state index is 0.237. The largest absolute Gasteiger partial charge is 0.444 e. The van der Waals surface area contributed by atoms with Gasteiger partial charge in [0.25, 0.3) is 0 Å². The quantitative estimate of drug-likeness (QED) is 0.840. The van der Waals surface area contributed by atoms with E-state index in [0.29, 0.717) is 22.4 Å². The SMILES string of the molecule is CNc1c(C#N)c(Br)nn1C1CC(CF)N(C(=O)OC(C)(C)C)C1. The lowest BCUT2D eigenvalue weighted by Gasteiger charge is -2.27. The van der Waals surface area contributed by atoms with Gasteiger partial charge in [0, 0.05) is 13.6 Å². The Bertz CT molecular complexity index is 664. The van der Waals surface area contributed by atoms with Crippen molar-refractivity contribution in [2.45, 2.75) is 44.9 Å². The highest BCUT2D eigenvalue weighted by atomic mass is 79.9. The molecule has 1 saturated heterocycles. The Morgan fingerprint density at radius 3 is 2.75 bits per heavy atom. The monoisotopic (exact) mass is 401 g/mol. The van der Waals surface area contributed by atoms with Gasteiger partial charge in [0.05, 0.1) is 12.1 Å². The third-order valence-corrected chi connectivity index (χ3v) is 4.32. The zero-order valence-corrected chi connectivity index (χ0v) is 15.7. The summed E-state index contributed by atoms with van der Waals surface area (Å²) in [6, 6.07) is 1.27. The summed E-state index contributed by atoms with van der Waals surface area (Å²) in [5.41, 5.74) is -0.264. The molecule has 7 nitrogen and oxygen atoms in total. The molecule has 0 bridgehead atoms. The molecule has 1 aliphatic heterocycles. The maximum absolute atomic E-state index is 13.4. The Balaban J connectivity index is 2.26. The maximum Gasteiger partial charge on any atom is 0.410 e. The van der Waals surface area contributed by atoms with Crippen molar-refractivity contribution in [3.63, 3.8) is 0 Å². The Kier molecular flexibility index (Phi) is 5.38. The van der Waals surface area contributed by atoms with Crippen molar-refractivity contribution in [3.8, 4) is 6.07 Å². The molecule has 1 aromatic heterocycles. The number of hydrogen-bond donors (Lipinski definition) is 1. The molecule has 9 heteroatoms. The van der Waals surface area contributed by atoms with Crippen LogP contribution in [0.25, 0.3) is 0 Å². The summed E-state index contributed by atoms with van der Waals surface area (Å²) in [6.07, 6.45) is -0.131. The second-order valence-corrected chi connectivity index (χ2v) is 7.40. The molecule has 1 amide bonds. The molecule has 0 spiro atoms. The van der Waals surface area contributed by atoms with Crippen LogP contribution in [0, 0.1) is 11.3 Å². The van der Waals surface area contributed by atoms with Gasteiger partial charge in [-0.3, -0.25) is 0 Å². The van der Waals surface area contributed by atoms with Crippen LogP contribution in [0.3, 0.4) is 0 Å². The summed E-state index contributed by atoms with van der Waals surface area (Å²) >= 11 is 3.26. The van der Waals surface area contributed by atoms with E-state index in [1.54, 1.807) is 32.5 Å². The van der Waals surface area contributed by atoms with Crippen molar-refractivity contribution in [2.75, 3.05) is 25.6 Å². The smallest absolute Gasteiger partial charge is 0.410 e. The number of nitriles is 1. The number of alkyl halides is 1. The second-order valence-electron chi connectivity index (χ2n) is 6.65. The van der Waals surface area contributed by atoms with Gasteiger partial charge in [-0.05, 0) is 43.1 Å². The van der Waals surface area contributed by atoms with Gasteiger partial charge in [-0.1, -0.05) is 0 Å². The van der Waals surface area contributed by atoms with Crippen molar-refractivity contribution < 1.29 is 13.9 Å². The summed E-state index contributed by atoms with van der Waals surface area (Å²) < 4.78 is 20.8. The Morgan fingerprint density at radius 2 is 2.25 bits per heavy atom. The van der Waals surface area contributed by atoms with E-state index in [1.165, 1.54) is 4.90 Å². The fraction of sp³-hybridized carbons (Fsp3) is 0.667. The third-order valence-electron chi connectivity index (χ3n) is 3.76. The average molecular weight is 402 g/mol. The van der Waals surface area contributed by atoms with E-state index in [2.05, 4.69) is 32.4 Å². The van der Waals surface area contributed by atoms with Crippen molar-refractivity contribution in [1.82, 2.24) is 14.7 Å². The lowest BCUT2D eigenvalue weighted by molar-refractivity contribution is 0.0203. The fourth-order valence-electron chi connectivity index (χ4n) is 2.77. The number of carbonyl (C=O) groups is 1. The highest BCUT2D eigenvalue weighted by Crippen LogP contribution is 2.34. The third kappa shape index (κ3) is 3.64. The van der Waals surface area contributed by atoms with Crippen molar-refractivity contribution >= 4 is 27.8 Å². The molecule has 0 radical (unpaired) electrons. The number of aromatic nitrogens is 2. The molecule has 132 valence electrons. The van der Waals surface area contributed by atoms with E-state index < -0.39 is 24.4 Å². The van der Waals surface area contributed by atoms with Crippen LogP contribution < -0.4 is 5.32 Å². The van der Waals surface area contributed by atoms with E-state index in [1.807, 2.05) is 0 Å². The van der Waals surface area contributed by atoms with Crippen LogP contribution in [-0.2, 0) is 4.74 Å². The van der Waals surface area contributed by atoms with E-state index in [4.69, 9.17) is 4.74 Å². The summed E-state index contributed by atoms with van der Waals surface area (Å²) in [5, 5.41) is 16.5. The highest BCUT2D eigenvalue weighted by Gasteiger charge is 2.40. The van der Waals surface area contributed by atoms with Crippen LogP contribution in [0.2, 0.25) is 0 Å². The van der Waals surface area contributed by atoms with E-state index in [0.717, 1.165) is 0 Å². The molecule has 1 aliphatic rings. The van der Waals surface area contributed by atoms with E-state index >= 15 is 0 Å². The summed E-state index contributed by atoms with van der Waals surface area (Å²) in [6.45, 7) is 4.93. The van der Waals surface area contributed by atoms with Crippen LogP contribution in [0.15, 0.2) is 4.60 Å². The summed E-state index contributed by atoms with van der Waals surface area (Å²) in [5.74, 6) is 0.540. The van der Waals surface area contributed by atoms with Crippen LogP contribution in [0.4, 0.5) is 15.0 Å². The fourth-order valence-corrected chi connectivity index (χ4v) is 3.22. The molecule has 0 saturated carbocycles. The Morgan fingerprint density at radius 1 is 1.58 bits per heavy atom. The molecule has 24 heavy (non-hydrogen) atoms. The molecule has 1 fully saturated rings. The molecule has 0 aromatic carbocycles. The van der Waals surface area contributed by atoms with Gasteiger partial charge in [-0.15, -0.1) is 0 Å². The number of nitrogens with zero attached hydrogens (tertiary/aromatic N) is 4. The molecule has 1 N–H and O–H groups in total. The minimum Gasteiger partial charge on any atom is -0.444 e. The number of anilines is 1. The van der Waals surface area contributed by atoms with Gasteiger partial charge >= 0.3 is 6.09 Å². The Hall–Kier alpha value is -1.82.